The number of hydrogen-bond donors (Lipinski definition) is 1. The van der Waals surface area contributed by atoms with Crippen LogP contribution in [0.25, 0.3) is 0 Å². The molecule has 0 aliphatic heterocycles. The van der Waals surface area contributed by atoms with Gasteiger partial charge >= 0.3 is 0 Å². The van der Waals surface area contributed by atoms with Crippen molar-refractivity contribution in [3.8, 4) is 11.8 Å². The van der Waals surface area contributed by atoms with Gasteiger partial charge in [0, 0.05) is 6.42 Å². The molecule has 0 saturated carbocycles. The highest BCUT2D eigenvalue weighted by Crippen LogP contribution is 1.90. The summed E-state index contributed by atoms with van der Waals surface area (Å²) in [5.41, 5.74) is 5.20. The average Bonchev–Trinajstić information content (AvgIpc) is 1.30. The van der Waals surface area contributed by atoms with Crippen LogP contribution < -0.4 is 5.73 Å². The summed E-state index contributed by atoms with van der Waals surface area (Å²) in [5, 5.41) is 0. The summed E-state index contributed by atoms with van der Waals surface area (Å²) in [6.07, 6.45) is 0.903. The molecule has 0 fully saturated rings. The van der Waals surface area contributed by atoms with E-state index in [-0.39, 0.29) is 6.04 Å². The third-order valence-electron chi connectivity index (χ3n) is 0.609. The predicted octanol–water partition coefficient (Wildman–Crippen LogP) is -0.279. The molecule has 1 rings (SSSR count). The van der Waals surface area contributed by atoms with Gasteiger partial charge in [-0.15, -0.1) is 0 Å². The Labute approximate surface area is 31.2 Å². The molecule has 1 nitrogen and oxygen atoms in total. The highest BCUT2D eigenvalue weighted by molar-refractivity contribution is 5.19. The third kappa shape index (κ3) is 0.267. The molecule has 0 spiro atoms. The van der Waals surface area contributed by atoms with Crippen LogP contribution in [0.3, 0.4) is 0 Å². The zero-order chi connectivity index (χ0) is 3.70. The molecule has 0 heterocycles. The summed E-state index contributed by atoms with van der Waals surface area (Å²) in [5.74, 6) is 5.52. The zero-order valence-electron chi connectivity index (χ0n) is 2.86. The molecule has 0 aromatic carbocycles. The summed E-state index contributed by atoms with van der Waals surface area (Å²) in [7, 11) is 0. The van der Waals surface area contributed by atoms with Crippen LogP contribution >= 0.6 is 0 Å². The van der Waals surface area contributed by atoms with Crippen molar-refractivity contribution in [2.45, 2.75) is 12.5 Å². The van der Waals surface area contributed by atoms with Crippen LogP contribution in [0.4, 0.5) is 0 Å². The first kappa shape index (κ1) is 2.74. The van der Waals surface area contributed by atoms with E-state index < -0.39 is 0 Å². The van der Waals surface area contributed by atoms with E-state index in [1.165, 1.54) is 0 Å². The van der Waals surface area contributed by atoms with Gasteiger partial charge in [-0.25, -0.2) is 0 Å². The van der Waals surface area contributed by atoms with Gasteiger partial charge in [-0.05, 0) is 0 Å². The van der Waals surface area contributed by atoms with Gasteiger partial charge in [0.1, 0.15) is 0 Å². The summed E-state index contributed by atoms with van der Waals surface area (Å²) in [6, 6.07) is 0.204. The molecule has 5 heavy (non-hydrogen) atoms. The van der Waals surface area contributed by atoms with Gasteiger partial charge in [0.25, 0.3) is 0 Å². The Morgan fingerprint density at radius 3 is 2.20 bits per heavy atom. The first-order valence-corrected chi connectivity index (χ1v) is 1.63. The molecule has 26 valence electrons. The Balaban J connectivity index is 2.52. The Bertz CT molecular complexity index is 85.6. The van der Waals surface area contributed by atoms with Gasteiger partial charge in [-0.3, -0.25) is 0 Å². The van der Waals surface area contributed by atoms with Crippen molar-refractivity contribution in [1.82, 2.24) is 0 Å². The van der Waals surface area contributed by atoms with E-state index in [1.807, 2.05) is 0 Å². The van der Waals surface area contributed by atoms with Crippen LogP contribution in [0.5, 0.6) is 0 Å². The highest BCUT2D eigenvalue weighted by atomic mass is 14.6. The van der Waals surface area contributed by atoms with Crippen LogP contribution in [0, 0.1) is 11.8 Å². The van der Waals surface area contributed by atoms with E-state index >= 15 is 0 Å². The van der Waals surface area contributed by atoms with Crippen molar-refractivity contribution in [3.05, 3.63) is 0 Å². The van der Waals surface area contributed by atoms with E-state index in [0.29, 0.717) is 0 Å². The van der Waals surface area contributed by atoms with Gasteiger partial charge in [0.05, 0.1) is 6.04 Å². The molecule has 0 bridgehead atoms. The van der Waals surface area contributed by atoms with Crippen molar-refractivity contribution < 1.29 is 0 Å². The molecule has 1 aliphatic rings. The Morgan fingerprint density at radius 2 is 2.20 bits per heavy atom. The summed E-state index contributed by atoms with van der Waals surface area (Å²) in [6.45, 7) is 0. The van der Waals surface area contributed by atoms with Crippen LogP contribution in [0.15, 0.2) is 0 Å². The van der Waals surface area contributed by atoms with Crippen LogP contribution in [0.1, 0.15) is 6.42 Å². The van der Waals surface area contributed by atoms with Crippen molar-refractivity contribution in [2.24, 2.45) is 5.73 Å². The molecule has 0 radical (unpaired) electrons. The normalized spacial score (nSPS) is 30.2. The SMILES string of the molecule is NC1C#CC1. The Morgan fingerprint density at radius 1 is 1.80 bits per heavy atom. The highest BCUT2D eigenvalue weighted by Gasteiger charge is 1.97. The van der Waals surface area contributed by atoms with Crippen molar-refractivity contribution in [3.63, 3.8) is 0 Å². The maximum atomic E-state index is 5.20. The molecule has 0 aromatic rings. The second-order valence-corrected chi connectivity index (χ2v) is 1.13. The van der Waals surface area contributed by atoms with Gasteiger partial charge < -0.3 is 5.73 Å². The molecular weight excluding hydrogens is 62.1 g/mol. The van der Waals surface area contributed by atoms with E-state index in [0.717, 1.165) is 6.42 Å². The summed E-state index contributed by atoms with van der Waals surface area (Å²) in [4.78, 5) is 0. The molecular formula is C4H5N. The standard InChI is InChI=1S/C4H5N/c5-4-2-1-3-4/h4H,2,5H2. The molecule has 0 amide bonds. The topological polar surface area (TPSA) is 26.0 Å². The number of rotatable bonds is 0. The second kappa shape index (κ2) is 0.734. The fraction of sp³-hybridized carbons (Fsp3) is 0.500. The maximum absolute atomic E-state index is 5.20. The molecule has 0 saturated heterocycles. The van der Waals surface area contributed by atoms with Gasteiger partial charge in [0.2, 0.25) is 0 Å². The first-order chi connectivity index (χ1) is 2.39. The maximum Gasteiger partial charge on any atom is 0.0775 e. The van der Waals surface area contributed by atoms with Crippen molar-refractivity contribution >= 4 is 0 Å². The van der Waals surface area contributed by atoms with E-state index in [4.69, 9.17) is 5.73 Å². The minimum atomic E-state index is 0.204. The van der Waals surface area contributed by atoms with Crippen LogP contribution in [0.2, 0.25) is 0 Å². The van der Waals surface area contributed by atoms with Gasteiger partial charge in [0.15, 0.2) is 0 Å². The lowest BCUT2D eigenvalue weighted by atomic mass is 10.1. The minimum absolute atomic E-state index is 0.204. The second-order valence-electron chi connectivity index (χ2n) is 1.13. The smallest absolute Gasteiger partial charge is 0.0775 e. The zero-order valence-corrected chi connectivity index (χ0v) is 2.86. The molecule has 1 aliphatic carbocycles. The lowest BCUT2D eigenvalue weighted by Gasteiger charge is -2.01. The quantitative estimate of drug-likeness (QED) is 0.387. The average molecular weight is 67.1 g/mol. The fourth-order valence-electron chi connectivity index (χ4n) is 0.220. The third-order valence-corrected chi connectivity index (χ3v) is 0.609. The van der Waals surface area contributed by atoms with E-state index in [1.54, 1.807) is 0 Å². The number of nitrogens with two attached hydrogens (primary N) is 1. The molecule has 2 N–H and O–H groups in total. The lowest BCUT2D eigenvalue weighted by molar-refractivity contribution is 0.837. The van der Waals surface area contributed by atoms with Crippen LogP contribution in [-0.4, -0.2) is 6.04 Å². The van der Waals surface area contributed by atoms with Gasteiger partial charge in [-0.1, -0.05) is 11.8 Å². The van der Waals surface area contributed by atoms with E-state index in [9.17, 15) is 0 Å². The summed E-state index contributed by atoms with van der Waals surface area (Å²) >= 11 is 0. The van der Waals surface area contributed by atoms with Crippen LogP contribution in [-0.2, 0) is 0 Å². The predicted molar refractivity (Wildman–Crippen MR) is 20.4 cm³/mol. The minimum Gasteiger partial charge on any atom is -0.317 e. The van der Waals surface area contributed by atoms with Gasteiger partial charge in [-0.2, -0.15) is 0 Å². The molecule has 0 aromatic heterocycles. The molecule has 1 atom stereocenters. The first-order valence-electron chi connectivity index (χ1n) is 1.63. The Kier molecular flexibility index (Phi) is 0.402. The lowest BCUT2D eigenvalue weighted by Crippen LogP contribution is -2.21. The molecule has 1 heteroatoms. The Hall–Kier alpha value is -0.480. The van der Waals surface area contributed by atoms with Crippen molar-refractivity contribution in [1.29, 1.82) is 0 Å². The number of hydrogen-bond acceptors (Lipinski definition) is 1. The van der Waals surface area contributed by atoms with Crippen molar-refractivity contribution in [2.75, 3.05) is 0 Å². The fourth-order valence-corrected chi connectivity index (χ4v) is 0.220. The summed E-state index contributed by atoms with van der Waals surface area (Å²) < 4.78 is 0. The molecule has 1 unspecified atom stereocenters. The largest absolute Gasteiger partial charge is 0.317 e. The van der Waals surface area contributed by atoms with E-state index in [2.05, 4.69) is 11.8 Å². The monoisotopic (exact) mass is 67.0 g/mol.